The van der Waals surface area contributed by atoms with E-state index in [1.165, 1.54) is 7.11 Å². The highest BCUT2D eigenvalue weighted by Crippen LogP contribution is 2.32. The lowest BCUT2D eigenvalue weighted by molar-refractivity contribution is -0.125. The maximum Gasteiger partial charge on any atom is 0.243 e. The van der Waals surface area contributed by atoms with Crippen LogP contribution in [-0.2, 0) is 16.2 Å². The van der Waals surface area contributed by atoms with Crippen LogP contribution in [0.2, 0.25) is 10.0 Å². The Morgan fingerprint density at radius 3 is 2.56 bits per heavy atom. The number of halogens is 2. The average Bonchev–Trinajstić information content (AvgIpc) is 3.25. The smallest absolute Gasteiger partial charge is 0.243 e. The predicted octanol–water partition coefficient (Wildman–Crippen LogP) is 5.69. The summed E-state index contributed by atoms with van der Waals surface area (Å²) in [4.78, 5) is 27.0. The van der Waals surface area contributed by atoms with Crippen LogP contribution in [0.5, 0.6) is 11.5 Å². The minimum Gasteiger partial charge on any atom is -0.493 e. The summed E-state index contributed by atoms with van der Waals surface area (Å²) < 4.78 is 11.3. The van der Waals surface area contributed by atoms with Crippen molar-refractivity contribution in [2.24, 2.45) is 5.92 Å². The van der Waals surface area contributed by atoms with Crippen molar-refractivity contribution in [2.75, 3.05) is 24.0 Å². The van der Waals surface area contributed by atoms with Gasteiger partial charge in [-0.2, -0.15) is 0 Å². The largest absolute Gasteiger partial charge is 0.493 e. The van der Waals surface area contributed by atoms with Crippen LogP contribution in [0.15, 0.2) is 54.6 Å². The van der Waals surface area contributed by atoms with Gasteiger partial charge in [0.1, 0.15) is 6.61 Å². The van der Waals surface area contributed by atoms with Crippen molar-refractivity contribution in [2.45, 2.75) is 26.9 Å². The zero-order valence-corrected chi connectivity index (χ0v) is 21.7. The minimum absolute atomic E-state index is 0.0673. The van der Waals surface area contributed by atoms with Crippen LogP contribution in [-0.4, -0.2) is 25.5 Å². The van der Waals surface area contributed by atoms with E-state index in [1.807, 2.05) is 32.0 Å². The van der Waals surface area contributed by atoms with Crippen molar-refractivity contribution < 1.29 is 19.1 Å². The molecule has 188 valence electrons. The number of amides is 2. The molecule has 3 aromatic rings. The van der Waals surface area contributed by atoms with Gasteiger partial charge in [-0.3, -0.25) is 20.4 Å². The van der Waals surface area contributed by atoms with Gasteiger partial charge in [-0.05, 0) is 61.4 Å². The van der Waals surface area contributed by atoms with Crippen molar-refractivity contribution in [3.05, 3.63) is 81.3 Å². The van der Waals surface area contributed by atoms with E-state index in [9.17, 15) is 9.59 Å². The van der Waals surface area contributed by atoms with Gasteiger partial charge >= 0.3 is 0 Å². The van der Waals surface area contributed by atoms with E-state index in [1.54, 1.807) is 41.3 Å². The van der Waals surface area contributed by atoms with Gasteiger partial charge in [0.05, 0.1) is 18.7 Å². The standard InChI is InChI=1S/C27H27Cl2N3O4/c1-16-4-8-22(10-17(16)2)32-14-19(11-26(32)33)27(34)31-30-21-7-9-24(25(13-21)35-3)36-15-18-5-6-20(28)12-23(18)29/h4-10,12-13,19,30H,11,14-15H2,1-3H3,(H,31,34)/t19-/m0/s1. The Kier molecular flexibility index (Phi) is 7.91. The Morgan fingerprint density at radius 1 is 1.03 bits per heavy atom. The molecule has 2 amide bonds. The Bertz CT molecular complexity index is 1300. The van der Waals surface area contributed by atoms with Gasteiger partial charge in [0.2, 0.25) is 11.8 Å². The van der Waals surface area contributed by atoms with Gasteiger partial charge in [-0.1, -0.05) is 35.3 Å². The van der Waals surface area contributed by atoms with Crippen molar-refractivity contribution in [3.63, 3.8) is 0 Å². The lowest BCUT2D eigenvalue weighted by Gasteiger charge is -2.18. The SMILES string of the molecule is COc1cc(NNC(=O)[C@H]2CC(=O)N(c3ccc(C)c(C)c3)C2)ccc1OCc1ccc(Cl)cc1Cl. The zero-order valence-electron chi connectivity index (χ0n) is 20.2. The second-order valence-corrected chi connectivity index (χ2v) is 9.52. The molecular formula is C27H27Cl2N3O4. The molecule has 1 fully saturated rings. The molecule has 0 unspecified atom stereocenters. The molecule has 0 spiro atoms. The summed E-state index contributed by atoms with van der Waals surface area (Å²) in [6.45, 7) is 4.60. The Balaban J connectivity index is 1.35. The number of hydrogen-bond donors (Lipinski definition) is 2. The van der Waals surface area contributed by atoms with Crippen LogP contribution in [0.3, 0.4) is 0 Å². The van der Waals surface area contributed by atoms with E-state index in [2.05, 4.69) is 10.9 Å². The zero-order chi connectivity index (χ0) is 25.8. The van der Waals surface area contributed by atoms with E-state index in [0.29, 0.717) is 33.8 Å². The normalized spacial score (nSPS) is 15.1. The van der Waals surface area contributed by atoms with Crippen LogP contribution < -0.4 is 25.2 Å². The fourth-order valence-corrected chi connectivity index (χ4v) is 4.38. The molecule has 0 saturated carbocycles. The fraction of sp³-hybridized carbons (Fsp3) is 0.259. The molecule has 4 rings (SSSR count). The highest BCUT2D eigenvalue weighted by molar-refractivity contribution is 6.35. The van der Waals surface area contributed by atoms with Crippen LogP contribution in [0.1, 0.15) is 23.1 Å². The molecule has 1 aliphatic rings. The molecule has 3 aromatic carbocycles. The Morgan fingerprint density at radius 2 is 1.83 bits per heavy atom. The second-order valence-electron chi connectivity index (χ2n) is 8.68. The lowest BCUT2D eigenvalue weighted by Crippen LogP contribution is -2.36. The monoisotopic (exact) mass is 527 g/mol. The molecular weight excluding hydrogens is 501 g/mol. The van der Waals surface area contributed by atoms with Crippen LogP contribution in [0.25, 0.3) is 0 Å². The molecule has 0 aromatic heterocycles. The minimum atomic E-state index is -0.458. The molecule has 1 saturated heterocycles. The number of aryl methyl sites for hydroxylation is 2. The summed E-state index contributed by atoms with van der Waals surface area (Å²) in [6, 6.07) is 16.3. The number of methoxy groups -OCH3 is 1. The van der Waals surface area contributed by atoms with Crippen molar-refractivity contribution in [3.8, 4) is 11.5 Å². The summed E-state index contributed by atoms with van der Waals surface area (Å²) in [7, 11) is 1.53. The summed E-state index contributed by atoms with van der Waals surface area (Å²) in [5, 5.41) is 1.07. The topological polar surface area (TPSA) is 79.9 Å². The van der Waals surface area contributed by atoms with E-state index in [4.69, 9.17) is 32.7 Å². The van der Waals surface area contributed by atoms with Crippen LogP contribution in [0.4, 0.5) is 11.4 Å². The maximum atomic E-state index is 12.8. The van der Waals surface area contributed by atoms with Crippen LogP contribution in [0, 0.1) is 19.8 Å². The number of carbonyl (C=O) groups excluding carboxylic acids is 2. The highest BCUT2D eigenvalue weighted by Gasteiger charge is 2.35. The summed E-state index contributed by atoms with van der Waals surface area (Å²) in [5.74, 6) is 0.219. The number of rotatable bonds is 8. The number of hydrazine groups is 1. The molecule has 1 atom stereocenters. The first-order valence-corrected chi connectivity index (χ1v) is 12.2. The van der Waals surface area contributed by atoms with Gasteiger partial charge in [-0.25, -0.2) is 0 Å². The first-order chi connectivity index (χ1) is 17.2. The highest BCUT2D eigenvalue weighted by atomic mass is 35.5. The molecule has 9 heteroatoms. The summed E-state index contributed by atoms with van der Waals surface area (Å²) >= 11 is 12.2. The average molecular weight is 528 g/mol. The molecule has 36 heavy (non-hydrogen) atoms. The van der Waals surface area contributed by atoms with E-state index >= 15 is 0 Å². The predicted molar refractivity (Wildman–Crippen MR) is 142 cm³/mol. The number of nitrogens with zero attached hydrogens (tertiary/aromatic N) is 1. The summed E-state index contributed by atoms with van der Waals surface area (Å²) in [5.41, 5.74) is 10.1. The molecule has 7 nitrogen and oxygen atoms in total. The van der Waals surface area contributed by atoms with E-state index in [0.717, 1.165) is 22.4 Å². The van der Waals surface area contributed by atoms with Crippen molar-refractivity contribution in [1.82, 2.24) is 5.43 Å². The van der Waals surface area contributed by atoms with E-state index < -0.39 is 5.92 Å². The molecule has 1 heterocycles. The van der Waals surface area contributed by atoms with Crippen molar-refractivity contribution in [1.29, 1.82) is 0 Å². The third-order valence-corrected chi connectivity index (χ3v) is 6.78. The van der Waals surface area contributed by atoms with Crippen LogP contribution >= 0.6 is 23.2 Å². The molecule has 1 aliphatic heterocycles. The lowest BCUT2D eigenvalue weighted by atomic mass is 10.1. The third kappa shape index (κ3) is 5.86. The van der Waals surface area contributed by atoms with Gasteiger partial charge in [-0.15, -0.1) is 0 Å². The summed E-state index contributed by atoms with van der Waals surface area (Å²) in [6.07, 6.45) is 0.157. The van der Waals surface area contributed by atoms with Gasteiger partial charge in [0, 0.05) is 40.3 Å². The molecule has 0 aliphatic carbocycles. The number of carbonyl (C=O) groups is 2. The second kappa shape index (κ2) is 11.1. The third-order valence-electron chi connectivity index (χ3n) is 6.19. The first-order valence-electron chi connectivity index (χ1n) is 11.4. The van der Waals surface area contributed by atoms with Gasteiger partial charge in [0.15, 0.2) is 11.5 Å². The van der Waals surface area contributed by atoms with E-state index in [-0.39, 0.29) is 24.8 Å². The number of nitrogens with one attached hydrogen (secondary N) is 2. The molecule has 2 N–H and O–H groups in total. The number of hydrogen-bond acceptors (Lipinski definition) is 5. The number of anilines is 2. The molecule has 0 radical (unpaired) electrons. The first kappa shape index (κ1) is 25.7. The number of ether oxygens (including phenoxy) is 2. The van der Waals surface area contributed by atoms with Gasteiger partial charge < -0.3 is 14.4 Å². The Labute approximate surface area is 220 Å². The van der Waals surface area contributed by atoms with Gasteiger partial charge in [0.25, 0.3) is 0 Å². The maximum absolute atomic E-state index is 12.8. The molecule has 0 bridgehead atoms. The fourth-order valence-electron chi connectivity index (χ4n) is 3.92. The number of benzene rings is 3. The quantitative estimate of drug-likeness (QED) is 0.367. The Hall–Kier alpha value is -3.42. The van der Waals surface area contributed by atoms with Crippen molar-refractivity contribution >= 4 is 46.4 Å².